The summed E-state index contributed by atoms with van der Waals surface area (Å²) in [4.78, 5) is 23.7. The number of hydrogen-bond donors (Lipinski definition) is 0. The zero-order chi connectivity index (χ0) is 25.4. The van der Waals surface area contributed by atoms with E-state index in [-0.39, 0.29) is 5.91 Å². The number of nitrogens with zero attached hydrogens (tertiary/aromatic N) is 3. The number of aromatic nitrogens is 1. The number of ether oxygens (including phenoxy) is 2. The van der Waals surface area contributed by atoms with Crippen LogP contribution in [0.2, 0.25) is 5.02 Å². The van der Waals surface area contributed by atoms with Gasteiger partial charge in [-0.1, -0.05) is 59.3 Å². The highest BCUT2D eigenvalue weighted by atomic mass is 35.5. The number of para-hydroxylation sites is 2. The van der Waals surface area contributed by atoms with Gasteiger partial charge in [0, 0.05) is 42.3 Å². The van der Waals surface area contributed by atoms with Gasteiger partial charge >= 0.3 is 0 Å². The Morgan fingerprint density at radius 2 is 1.73 bits per heavy atom. The lowest BCUT2D eigenvalue weighted by Crippen LogP contribution is -2.40. The molecule has 2 aliphatic rings. The molecule has 4 aromatic rings. The molecule has 3 aromatic carbocycles. The van der Waals surface area contributed by atoms with Gasteiger partial charge < -0.3 is 9.47 Å². The van der Waals surface area contributed by atoms with E-state index < -0.39 is 5.92 Å². The highest BCUT2D eigenvalue weighted by Crippen LogP contribution is 2.45. The van der Waals surface area contributed by atoms with Crippen LogP contribution in [0.5, 0.6) is 11.5 Å². The van der Waals surface area contributed by atoms with E-state index in [1.54, 1.807) is 0 Å². The molecule has 0 atom stereocenters. The van der Waals surface area contributed by atoms with Gasteiger partial charge in [-0.05, 0) is 43.2 Å². The van der Waals surface area contributed by atoms with Crippen LogP contribution in [0.3, 0.4) is 0 Å². The van der Waals surface area contributed by atoms with Crippen molar-refractivity contribution in [1.82, 2.24) is 9.88 Å². The summed E-state index contributed by atoms with van der Waals surface area (Å²) in [5.41, 5.74) is 3.55. The van der Waals surface area contributed by atoms with E-state index in [2.05, 4.69) is 4.90 Å². The van der Waals surface area contributed by atoms with Gasteiger partial charge in [-0.3, -0.25) is 14.6 Å². The highest BCUT2D eigenvalue weighted by Gasteiger charge is 2.36. The number of benzene rings is 3. The molecule has 37 heavy (non-hydrogen) atoms. The van der Waals surface area contributed by atoms with Crippen molar-refractivity contribution in [2.75, 3.05) is 44.3 Å². The molecule has 6 rings (SSSR count). The van der Waals surface area contributed by atoms with Gasteiger partial charge in [-0.25, -0.2) is 4.98 Å². The topological polar surface area (TPSA) is 54.9 Å². The fraction of sp³-hybridized carbons (Fsp3) is 0.310. The average molecular weight is 534 g/mol. The first-order valence-corrected chi connectivity index (χ1v) is 13.8. The number of carbonyl (C=O) groups excluding carboxylic acids is 1. The third kappa shape index (κ3) is 4.73. The number of rotatable bonds is 6. The first-order chi connectivity index (χ1) is 18.1. The summed E-state index contributed by atoms with van der Waals surface area (Å²) < 4.78 is 12.7. The molecule has 0 saturated carbocycles. The monoisotopic (exact) mass is 533 g/mol. The maximum absolute atomic E-state index is 14.5. The molecule has 0 bridgehead atoms. The number of thiazole rings is 1. The SMILES string of the molecule is Cc1c(Cl)ccc2sc(N(CCCN3CCOCC3)C(=O)C3c4ccccc4Oc4ccccc43)nc12. The minimum atomic E-state index is -0.471. The van der Waals surface area contributed by atoms with Crippen LogP contribution in [0.25, 0.3) is 10.2 Å². The molecule has 8 heteroatoms. The van der Waals surface area contributed by atoms with E-state index in [1.807, 2.05) is 72.5 Å². The van der Waals surface area contributed by atoms with E-state index in [9.17, 15) is 4.79 Å². The van der Waals surface area contributed by atoms with E-state index in [4.69, 9.17) is 26.1 Å². The fourth-order valence-corrected chi connectivity index (χ4v) is 6.32. The first kappa shape index (κ1) is 24.4. The smallest absolute Gasteiger partial charge is 0.241 e. The molecule has 0 spiro atoms. The van der Waals surface area contributed by atoms with E-state index in [0.717, 1.165) is 77.7 Å². The first-order valence-electron chi connectivity index (χ1n) is 12.6. The van der Waals surface area contributed by atoms with Crippen molar-refractivity contribution < 1.29 is 14.3 Å². The summed E-state index contributed by atoms with van der Waals surface area (Å²) in [5, 5.41) is 1.38. The van der Waals surface area contributed by atoms with Gasteiger partial charge in [0.1, 0.15) is 11.5 Å². The number of hydrogen-bond acceptors (Lipinski definition) is 6. The van der Waals surface area contributed by atoms with Crippen LogP contribution in [-0.2, 0) is 9.53 Å². The predicted octanol–water partition coefficient (Wildman–Crippen LogP) is 6.25. The summed E-state index contributed by atoms with van der Waals surface area (Å²) in [5.74, 6) is 0.980. The zero-order valence-electron chi connectivity index (χ0n) is 20.7. The number of fused-ring (bicyclic) bond motifs is 3. The molecule has 6 nitrogen and oxygen atoms in total. The Morgan fingerprint density at radius 1 is 1.05 bits per heavy atom. The molecule has 0 unspecified atom stereocenters. The highest BCUT2D eigenvalue weighted by molar-refractivity contribution is 7.22. The number of morpholine rings is 1. The molecule has 2 aliphatic heterocycles. The second-order valence-electron chi connectivity index (χ2n) is 9.42. The second-order valence-corrected chi connectivity index (χ2v) is 10.8. The molecule has 0 N–H and O–H groups in total. The molecule has 1 fully saturated rings. The van der Waals surface area contributed by atoms with Crippen LogP contribution >= 0.6 is 22.9 Å². The van der Waals surface area contributed by atoms with Crippen molar-refractivity contribution in [2.24, 2.45) is 0 Å². The minimum absolute atomic E-state index is 0.00739. The van der Waals surface area contributed by atoms with Crippen LogP contribution in [0.1, 0.15) is 29.0 Å². The Bertz CT molecular complexity index is 1400. The van der Waals surface area contributed by atoms with Crippen molar-refractivity contribution in [3.05, 3.63) is 82.4 Å². The summed E-state index contributed by atoms with van der Waals surface area (Å²) in [7, 11) is 0. The van der Waals surface area contributed by atoms with E-state index >= 15 is 0 Å². The number of anilines is 1. The van der Waals surface area contributed by atoms with Crippen molar-refractivity contribution in [3.63, 3.8) is 0 Å². The normalized spacial score (nSPS) is 15.7. The Morgan fingerprint density at radius 3 is 2.43 bits per heavy atom. The summed E-state index contributed by atoms with van der Waals surface area (Å²) >= 11 is 7.94. The molecular formula is C29H28ClN3O3S. The lowest BCUT2D eigenvalue weighted by molar-refractivity contribution is -0.119. The van der Waals surface area contributed by atoms with Crippen LogP contribution < -0.4 is 9.64 Å². The summed E-state index contributed by atoms with van der Waals surface area (Å²) in [6.45, 7) is 6.82. The number of aryl methyl sites for hydroxylation is 1. The molecule has 1 aromatic heterocycles. The maximum Gasteiger partial charge on any atom is 0.241 e. The second kappa shape index (κ2) is 10.4. The maximum atomic E-state index is 14.5. The quantitative estimate of drug-likeness (QED) is 0.293. The number of amides is 1. The van der Waals surface area contributed by atoms with Gasteiger partial charge in [0.15, 0.2) is 5.13 Å². The molecule has 3 heterocycles. The lowest BCUT2D eigenvalue weighted by Gasteiger charge is -2.32. The molecule has 1 amide bonds. The van der Waals surface area contributed by atoms with Crippen molar-refractivity contribution in [1.29, 1.82) is 0 Å². The van der Waals surface area contributed by atoms with Crippen LogP contribution in [0.4, 0.5) is 5.13 Å². The standard InChI is InChI=1S/C29H28ClN3O3S/c1-19-22(30)11-12-25-27(19)31-29(37-25)33(14-6-13-32-15-17-35-18-16-32)28(34)26-20-7-2-4-9-23(20)36-24-10-5-3-8-21(24)26/h2-5,7-12,26H,6,13-18H2,1H3. The van der Waals surface area contributed by atoms with E-state index in [1.165, 1.54) is 11.3 Å². The number of carbonyl (C=O) groups is 1. The van der Waals surface area contributed by atoms with Crippen LogP contribution in [0.15, 0.2) is 60.7 Å². The molecule has 0 aliphatic carbocycles. The molecular weight excluding hydrogens is 506 g/mol. The van der Waals surface area contributed by atoms with Gasteiger partial charge in [0.05, 0.1) is 29.3 Å². The Balaban J connectivity index is 1.38. The van der Waals surface area contributed by atoms with Crippen LogP contribution in [-0.4, -0.2) is 55.2 Å². The van der Waals surface area contributed by atoms with Crippen molar-refractivity contribution in [2.45, 2.75) is 19.3 Å². The summed E-state index contributed by atoms with van der Waals surface area (Å²) in [6, 6.07) is 19.5. The molecule has 0 radical (unpaired) electrons. The summed E-state index contributed by atoms with van der Waals surface area (Å²) in [6.07, 6.45) is 0.841. The number of halogens is 1. The third-order valence-corrected chi connectivity index (χ3v) is 8.57. The molecule has 1 saturated heterocycles. The fourth-order valence-electron chi connectivity index (χ4n) is 5.11. The van der Waals surface area contributed by atoms with Crippen LogP contribution in [0, 0.1) is 6.92 Å². The largest absolute Gasteiger partial charge is 0.457 e. The van der Waals surface area contributed by atoms with E-state index in [0.29, 0.717) is 16.7 Å². The average Bonchev–Trinajstić information content (AvgIpc) is 3.37. The van der Waals surface area contributed by atoms with Gasteiger partial charge in [-0.15, -0.1) is 0 Å². The zero-order valence-corrected chi connectivity index (χ0v) is 22.2. The third-order valence-electron chi connectivity index (χ3n) is 7.12. The van der Waals surface area contributed by atoms with Crippen molar-refractivity contribution in [3.8, 4) is 11.5 Å². The predicted molar refractivity (Wildman–Crippen MR) is 148 cm³/mol. The Labute approximate surface area is 225 Å². The van der Waals surface area contributed by atoms with Gasteiger partial charge in [-0.2, -0.15) is 0 Å². The van der Waals surface area contributed by atoms with Gasteiger partial charge in [0.25, 0.3) is 0 Å². The lowest BCUT2D eigenvalue weighted by atomic mass is 9.87. The van der Waals surface area contributed by atoms with Crippen molar-refractivity contribution >= 4 is 44.2 Å². The Kier molecular flexibility index (Phi) is 6.86. The minimum Gasteiger partial charge on any atom is -0.457 e. The Hall–Kier alpha value is -2.97. The molecule has 190 valence electrons. The van der Waals surface area contributed by atoms with Gasteiger partial charge in [0.2, 0.25) is 5.91 Å².